The van der Waals surface area contributed by atoms with Crippen molar-refractivity contribution in [2.75, 3.05) is 0 Å². The van der Waals surface area contributed by atoms with Crippen LogP contribution in [0.4, 0.5) is 0 Å². The van der Waals surface area contributed by atoms with Crippen molar-refractivity contribution in [3.63, 3.8) is 0 Å². The molecule has 0 aliphatic carbocycles. The first-order chi connectivity index (χ1) is 27.8. The molecule has 0 radical (unpaired) electrons. The SMILES string of the molecule is c1ccc(-c2ccc(-n3c4ccccc4c4cc(-c5ccc6c(c5)c5cc(-c7ccccc7)ccc5n6-c5ccccc5)ccc43)c(-c3ccccc3)c2)cc1. The summed E-state index contributed by atoms with van der Waals surface area (Å²) < 4.78 is 4.85. The van der Waals surface area contributed by atoms with Crippen LogP contribution in [0.3, 0.4) is 0 Å². The first-order valence-corrected chi connectivity index (χ1v) is 19.3. The van der Waals surface area contributed by atoms with Crippen LogP contribution in [0, 0.1) is 0 Å². The van der Waals surface area contributed by atoms with Gasteiger partial charge < -0.3 is 9.13 Å². The number of nitrogens with zero attached hydrogens (tertiary/aromatic N) is 2. The monoisotopic (exact) mass is 712 g/mol. The van der Waals surface area contributed by atoms with Gasteiger partial charge in [0.05, 0.1) is 27.8 Å². The topological polar surface area (TPSA) is 9.86 Å². The minimum Gasteiger partial charge on any atom is -0.309 e. The summed E-state index contributed by atoms with van der Waals surface area (Å²) >= 11 is 0. The fourth-order valence-electron chi connectivity index (χ4n) is 8.67. The Morgan fingerprint density at radius 2 is 0.625 bits per heavy atom. The Morgan fingerprint density at radius 3 is 1.20 bits per heavy atom. The number of para-hydroxylation sites is 2. The zero-order chi connectivity index (χ0) is 37.0. The van der Waals surface area contributed by atoms with Crippen molar-refractivity contribution in [1.29, 1.82) is 0 Å². The van der Waals surface area contributed by atoms with Gasteiger partial charge in [0.2, 0.25) is 0 Å². The lowest BCUT2D eigenvalue weighted by atomic mass is 9.97. The van der Waals surface area contributed by atoms with E-state index in [0.29, 0.717) is 0 Å². The summed E-state index contributed by atoms with van der Waals surface area (Å²) in [6, 6.07) is 79.4. The zero-order valence-corrected chi connectivity index (χ0v) is 30.7. The highest BCUT2D eigenvalue weighted by atomic mass is 15.0. The van der Waals surface area contributed by atoms with E-state index < -0.39 is 0 Å². The van der Waals surface area contributed by atoms with Gasteiger partial charge in [-0.3, -0.25) is 0 Å². The highest BCUT2D eigenvalue weighted by Crippen LogP contribution is 2.41. The maximum absolute atomic E-state index is 2.45. The molecule has 262 valence electrons. The van der Waals surface area contributed by atoms with Crippen LogP contribution in [0.2, 0.25) is 0 Å². The second-order valence-corrected chi connectivity index (χ2v) is 14.5. The van der Waals surface area contributed by atoms with Crippen LogP contribution >= 0.6 is 0 Å². The fourth-order valence-corrected chi connectivity index (χ4v) is 8.67. The van der Waals surface area contributed by atoms with Gasteiger partial charge in [-0.15, -0.1) is 0 Å². The second-order valence-electron chi connectivity index (χ2n) is 14.5. The van der Waals surface area contributed by atoms with Crippen LogP contribution in [0.25, 0.3) is 99.5 Å². The highest BCUT2D eigenvalue weighted by Gasteiger charge is 2.19. The van der Waals surface area contributed by atoms with E-state index in [0.717, 1.165) is 5.69 Å². The number of aromatic nitrogens is 2. The molecular weight excluding hydrogens is 677 g/mol. The molecule has 0 saturated carbocycles. The molecular formula is C54H36N2. The lowest BCUT2D eigenvalue weighted by molar-refractivity contribution is 1.18. The molecule has 0 aliphatic heterocycles. The standard InChI is InChI=1S/C54H36N2/c1-5-15-37(16-6-1)40-25-29-51(46(33-40)39-19-9-3-10-20-39)56-50-24-14-13-23-45(50)47-35-42(28-32-54(47)56)43-27-31-53-49(36-43)48-34-41(38-17-7-2-8-18-38)26-30-52(48)55(53)44-21-11-4-12-22-44/h1-36H. The third kappa shape index (κ3) is 5.26. The summed E-state index contributed by atoms with van der Waals surface area (Å²) in [5, 5.41) is 4.97. The van der Waals surface area contributed by atoms with E-state index in [1.807, 2.05) is 0 Å². The molecule has 0 atom stereocenters. The van der Waals surface area contributed by atoms with E-state index in [1.54, 1.807) is 0 Å². The Labute approximate surface area is 325 Å². The Kier molecular flexibility index (Phi) is 7.53. The molecule has 56 heavy (non-hydrogen) atoms. The average Bonchev–Trinajstić information content (AvgIpc) is 3.79. The van der Waals surface area contributed by atoms with E-state index in [2.05, 4.69) is 228 Å². The average molecular weight is 713 g/mol. The van der Waals surface area contributed by atoms with Crippen molar-refractivity contribution >= 4 is 43.6 Å². The van der Waals surface area contributed by atoms with Gasteiger partial charge in [-0.2, -0.15) is 0 Å². The molecule has 0 spiro atoms. The smallest absolute Gasteiger partial charge is 0.0541 e. The van der Waals surface area contributed by atoms with Gasteiger partial charge in [0.15, 0.2) is 0 Å². The molecule has 0 bridgehead atoms. The number of hydrogen-bond donors (Lipinski definition) is 0. The van der Waals surface area contributed by atoms with Crippen molar-refractivity contribution in [2.45, 2.75) is 0 Å². The van der Waals surface area contributed by atoms with Crippen LogP contribution in [-0.4, -0.2) is 9.13 Å². The third-order valence-electron chi connectivity index (χ3n) is 11.3. The lowest BCUT2D eigenvalue weighted by Crippen LogP contribution is -1.98. The molecule has 0 saturated heterocycles. The number of rotatable bonds is 6. The predicted molar refractivity (Wildman–Crippen MR) is 237 cm³/mol. The van der Waals surface area contributed by atoms with Crippen LogP contribution in [-0.2, 0) is 0 Å². The maximum Gasteiger partial charge on any atom is 0.0541 e. The van der Waals surface area contributed by atoms with E-state index in [9.17, 15) is 0 Å². The summed E-state index contributed by atoms with van der Waals surface area (Å²) in [6.45, 7) is 0. The van der Waals surface area contributed by atoms with Gasteiger partial charge in [0.25, 0.3) is 0 Å². The quantitative estimate of drug-likeness (QED) is 0.162. The largest absolute Gasteiger partial charge is 0.309 e. The normalized spacial score (nSPS) is 11.6. The fraction of sp³-hybridized carbons (Fsp3) is 0. The first-order valence-electron chi connectivity index (χ1n) is 19.3. The summed E-state index contributed by atoms with van der Waals surface area (Å²) in [7, 11) is 0. The van der Waals surface area contributed by atoms with Crippen LogP contribution in [0.5, 0.6) is 0 Å². The van der Waals surface area contributed by atoms with Gasteiger partial charge in [0, 0.05) is 32.8 Å². The maximum atomic E-state index is 2.45. The molecule has 9 aromatic carbocycles. The summed E-state index contributed by atoms with van der Waals surface area (Å²) in [5.41, 5.74) is 16.8. The second kappa shape index (κ2) is 13.2. The molecule has 0 N–H and O–H groups in total. The van der Waals surface area contributed by atoms with Gasteiger partial charge in [0.1, 0.15) is 0 Å². The molecule has 11 aromatic rings. The third-order valence-corrected chi connectivity index (χ3v) is 11.3. The van der Waals surface area contributed by atoms with Crippen molar-refractivity contribution in [1.82, 2.24) is 9.13 Å². The van der Waals surface area contributed by atoms with E-state index in [4.69, 9.17) is 0 Å². The molecule has 2 heterocycles. The van der Waals surface area contributed by atoms with E-state index >= 15 is 0 Å². The Balaban J connectivity index is 1.11. The zero-order valence-electron chi connectivity index (χ0n) is 30.7. The van der Waals surface area contributed by atoms with Crippen molar-refractivity contribution in [3.8, 4) is 55.9 Å². The summed E-state index contributed by atoms with van der Waals surface area (Å²) in [4.78, 5) is 0. The van der Waals surface area contributed by atoms with Crippen molar-refractivity contribution in [2.24, 2.45) is 0 Å². The van der Waals surface area contributed by atoms with Gasteiger partial charge in [-0.1, -0.05) is 152 Å². The van der Waals surface area contributed by atoms with E-state index in [1.165, 1.54) is 93.8 Å². The summed E-state index contributed by atoms with van der Waals surface area (Å²) in [6.07, 6.45) is 0. The van der Waals surface area contributed by atoms with E-state index in [-0.39, 0.29) is 0 Å². The Hall–Kier alpha value is -7.42. The summed E-state index contributed by atoms with van der Waals surface area (Å²) in [5.74, 6) is 0. The van der Waals surface area contributed by atoms with Gasteiger partial charge in [-0.25, -0.2) is 0 Å². The number of fused-ring (bicyclic) bond motifs is 6. The first kappa shape index (κ1) is 32.0. The molecule has 0 amide bonds. The molecule has 11 rings (SSSR count). The molecule has 2 heteroatoms. The van der Waals surface area contributed by atoms with Crippen LogP contribution in [0.15, 0.2) is 218 Å². The molecule has 0 fully saturated rings. The molecule has 2 nitrogen and oxygen atoms in total. The molecule has 0 aliphatic rings. The molecule has 0 unspecified atom stereocenters. The van der Waals surface area contributed by atoms with Crippen LogP contribution in [0.1, 0.15) is 0 Å². The predicted octanol–water partition coefficient (Wildman–Crippen LogP) is 14.5. The van der Waals surface area contributed by atoms with Crippen LogP contribution < -0.4 is 0 Å². The molecule has 2 aromatic heterocycles. The van der Waals surface area contributed by atoms with Crippen molar-refractivity contribution < 1.29 is 0 Å². The van der Waals surface area contributed by atoms with Gasteiger partial charge in [-0.05, 0) is 106 Å². The van der Waals surface area contributed by atoms with Gasteiger partial charge >= 0.3 is 0 Å². The lowest BCUT2D eigenvalue weighted by Gasteiger charge is -2.16. The minimum atomic E-state index is 1.16. The number of benzene rings is 9. The Morgan fingerprint density at radius 1 is 0.232 bits per heavy atom. The van der Waals surface area contributed by atoms with Crippen molar-refractivity contribution in [3.05, 3.63) is 218 Å². The highest BCUT2D eigenvalue weighted by molar-refractivity contribution is 6.13. The minimum absolute atomic E-state index is 1.16. The number of hydrogen-bond acceptors (Lipinski definition) is 0. The Bertz CT molecular complexity index is 3210.